The van der Waals surface area contributed by atoms with E-state index in [-0.39, 0.29) is 18.7 Å². The van der Waals surface area contributed by atoms with Crippen molar-refractivity contribution in [1.29, 1.82) is 0 Å². The summed E-state index contributed by atoms with van der Waals surface area (Å²) in [5, 5.41) is 3.46. The molecule has 5 heteroatoms. The summed E-state index contributed by atoms with van der Waals surface area (Å²) >= 11 is 0. The van der Waals surface area contributed by atoms with Crippen LogP contribution < -0.4 is 5.32 Å². The fraction of sp³-hybridized carbons (Fsp3) is 0.350. The number of carbonyl (C=O) groups is 1. The molecule has 2 atom stereocenters. The maximum atomic E-state index is 13.6. The van der Waals surface area contributed by atoms with Crippen molar-refractivity contribution in [3.05, 3.63) is 70.8 Å². The highest BCUT2D eigenvalue weighted by atomic mass is 19.2. The SMILES string of the molecule is CCC(Cc1cc(F)c(F)cc1C)NC(COC=O)c1ccccc1. The van der Waals surface area contributed by atoms with Crippen LogP contribution in [0.5, 0.6) is 0 Å². The van der Waals surface area contributed by atoms with Gasteiger partial charge in [-0.3, -0.25) is 4.79 Å². The molecule has 0 radical (unpaired) electrons. The molecule has 0 fully saturated rings. The van der Waals surface area contributed by atoms with Gasteiger partial charge in [0.2, 0.25) is 0 Å². The van der Waals surface area contributed by atoms with Gasteiger partial charge in [-0.25, -0.2) is 8.78 Å². The van der Waals surface area contributed by atoms with E-state index < -0.39 is 11.6 Å². The second-order valence-corrected chi connectivity index (χ2v) is 6.06. The first kappa shape index (κ1) is 19.1. The Balaban J connectivity index is 2.15. The molecule has 0 aliphatic rings. The third-order valence-electron chi connectivity index (χ3n) is 4.31. The molecular formula is C20H23F2NO2. The molecule has 0 spiro atoms. The second kappa shape index (κ2) is 9.28. The summed E-state index contributed by atoms with van der Waals surface area (Å²) in [6.07, 6.45) is 1.35. The van der Waals surface area contributed by atoms with E-state index in [1.165, 1.54) is 12.1 Å². The van der Waals surface area contributed by atoms with Crippen LogP contribution in [0.15, 0.2) is 42.5 Å². The van der Waals surface area contributed by atoms with Gasteiger partial charge in [-0.15, -0.1) is 0 Å². The van der Waals surface area contributed by atoms with Gasteiger partial charge in [-0.1, -0.05) is 37.3 Å². The molecule has 1 N–H and O–H groups in total. The highest BCUT2D eigenvalue weighted by molar-refractivity contribution is 5.37. The average Bonchev–Trinajstić information content (AvgIpc) is 2.62. The van der Waals surface area contributed by atoms with Crippen LogP contribution in [-0.2, 0) is 16.0 Å². The predicted octanol–water partition coefficient (Wildman–Crippen LogP) is 4.10. The molecular weight excluding hydrogens is 324 g/mol. The Hall–Kier alpha value is -2.27. The van der Waals surface area contributed by atoms with Crippen LogP contribution in [0, 0.1) is 18.6 Å². The molecule has 0 heterocycles. The number of carbonyl (C=O) groups excluding carboxylic acids is 1. The Kier molecular flexibility index (Phi) is 7.07. The zero-order valence-electron chi connectivity index (χ0n) is 14.5. The largest absolute Gasteiger partial charge is 0.466 e. The third-order valence-corrected chi connectivity index (χ3v) is 4.31. The van der Waals surface area contributed by atoms with Crippen molar-refractivity contribution in [2.24, 2.45) is 0 Å². The van der Waals surface area contributed by atoms with Crippen molar-refractivity contribution in [3.8, 4) is 0 Å². The number of hydrogen-bond donors (Lipinski definition) is 1. The summed E-state index contributed by atoms with van der Waals surface area (Å²) in [6, 6.07) is 12.0. The number of halogens is 2. The minimum absolute atomic E-state index is 0.0315. The van der Waals surface area contributed by atoms with Gasteiger partial charge < -0.3 is 10.1 Å². The first-order chi connectivity index (χ1) is 12.0. The van der Waals surface area contributed by atoms with E-state index in [4.69, 9.17) is 4.74 Å². The standard InChI is InChI=1S/C20H23F2NO2/c1-3-17(10-16-11-19(22)18(21)9-14(16)2)23-20(12-25-13-24)15-7-5-4-6-8-15/h4-9,11,13,17,20,23H,3,10,12H2,1-2H3. The van der Waals surface area contributed by atoms with Crippen LogP contribution in [0.3, 0.4) is 0 Å². The molecule has 0 bridgehead atoms. The lowest BCUT2D eigenvalue weighted by Crippen LogP contribution is -2.36. The fourth-order valence-corrected chi connectivity index (χ4v) is 2.84. The number of ether oxygens (including phenoxy) is 1. The maximum absolute atomic E-state index is 13.6. The van der Waals surface area contributed by atoms with Gasteiger partial charge in [0.05, 0.1) is 6.04 Å². The number of rotatable bonds is 9. The van der Waals surface area contributed by atoms with Crippen LogP contribution in [0.25, 0.3) is 0 Å². The van der Waals surface area contributed by atoms with Gasteiger partial charge in [-0.05, 0) is 48.6 Å². The molecule has 0 aliphatic carbocycles. The van der Waals surface area contributed by atoms with Crippen molar-refractivity contribution in [2.75, 3.05) is 6.61 Å². The van der Waals surface area contributed by atoms with E-state index in [1.807, 2.05) is 37.3 Å². The molecule has 2 unspecified atom stereocenters. The number of aryl methyl sites for hydroxylation is 1. The van der Waals surface area contributed by atoms with E-state index >= 15 is 0 Å². The molecule has 0 saturated heterocycles. The first-order valence-corrected chi connectivity index (χ1v) is 8.35. The van der Waals surface area contributed by atoms with Crippen LogP contribution in [0.4, 0.5) is 8.78 Å². The minimum Gasteiger partial charge on any atom is -0.466 e. The zero-order chi connectivity index (χ0) is 18.2. The van der Waals surface area contributed by atoms with Gasteiger partial charge in [0, 0.05) is 6.04 Å². The summed E-state index contributed by atoms with van der Waals surface area (Å²) in [5.74, 6) is -1.66. The Morgan fingerprint density at radius 2 is 1.84 bits per heavy atom. The monoisotopic (exact) mass is 347 g/mol. The van der Waals surface area contributed by atoms with Crippen molar-refractivity contribution in [3.63, 3.8) is 0 Å². The molecule has 0 saturated carbocycles. The Bertz CT molecular complexity index is 692. The van der Waals surface area contributed by atoms with Gasteiger partial charge in [0.25, 0.3) is 6.47 Å². The normalized spacial score (nSPS) is 13.3. The molecule has 0 aliphatic heterocycles. The first-order valence-electron chi connectivity index (χ1n) is 8.35. The van der Waals surface area contributed by atoms with E-state index in [1.54, 1.807) is 6.92 Å². The van der Waals surface area contributed by atoms with Gasteiger partial charge in [-0.2, -0.15) is 0 Å². The van der Waals surface area contributed by atoms with Gasteiger partial charge in [0.15, 0.2) is 11.6 Å². The molecule has 3 nitrogen and oxygen atoms in total. The van der Waals surface area contributed by atoms with E-state index in [9.17, 15) is 13.6 Å². The number of nitrogens with one attached hydrogen (secondary N) is 1. The van der Waals surface area contributed by atoms with Crippen molar-refractivity contribution in [1.82, 2.24) is 5.32 Å². The van der Waals surface area contributed by atoms with Crippen molar-refractivity contribution in [2.45, 2.75) is 38.8 Å². The Labute approximate surface area is 147 Å². The Morgan fingerprint density at radius 3 is 2.48 bits per heavy atom. The van der Waals surface area contributed by atoms with Gasteiger partial charge in [0.1, 0.15) is 6.61 Å². The smallest absolute Gasteiger partial charge is 0.293 e. The van der Waals surface area contributed by atoms with E-state index in [2.05, 4.69) is 5.32 Å². The summed E-state index contributed by atoms with van der Waals surface area (Å²) in [6.45, 7) is 4.43. The van der Waals surface area contributed by atoms with Crippen molar-refractivity contribution >= 4 is 6.47 Å². The van der Waals surface area contributed by atoms with Gasteiger partial charge >= 0.3 is 0 Å². The van der Waals surface area contributed by atoms with Crippen LogP contribution in [-0.4, -0.2) is 19.1 Å². The van der Waals surface area contributed by atoms with Crippen LogP contribution >= 0.6 is 0 Å². The summed E-state index contributed by atoms with van der Waals surface area (Å²) in [7, 11) is 0. The lowest BCUT2D eigenvalue weighted by atomic mass is 9.97. The molecule has 2 rings (SSSR count). The summed E-state index contributed by atoms with van der Waals surface area (Å²) in [4.78, 5) is 10.6. The highest BCUT2D eigenvalue weighted by Gasteiger charge is 2.18. The van der Waals surface area contributed by atoms with Crippen LogP contribution in [0.1, 0.15) is 36.1 Å². The topological polar surface area (TPSA) is 38.3 Å². The molecule has 2 aromatic rings. The maximum Gasteiger partial charge on any atom is 0.293 e. The molecule has 2 aromatic carbocycles. The third kappa shape index (κ3) is 5.36. The van der Waals surface area contributed by atoms with Crippen LogP contribution in [0.2, 0.25) is 0 Å². The van der Waals surface area contributed by atoms with E-state index in [0.29, 0.717) is 12.9 Å². The Morgan fingerprint density at radius 1 is 1.16 bits per heavy atom. The lowest BCUT2D eigenvalue weighted by Gasteiger charge is -2.25. The molecule has 0 amide bonds. The quantitative estimate of drug-likeness (QED) is 0.694. The number of hydrogen-bond acceptors (Lipinski definition) is 3. The fourth-order valence-electron chi connectivity index (χ4n) is 2.84. The molecule has 0 aromatic heterocycles. The number of benzene rings is 2. The summed E-state index contributed by atoms with van der Waals surface area (Å²) in [5.41, 5.74) is 2.49. The predicted molar refractivity (Wildman–Crippen MR) is 93.2 cm³/mol. The molecule has 134 valence electrons. The average molecular weight is 347 g/mol. The summed E-state index contributed by atoms with van der Waals surface area (Å²) < 4.78 is 31.8. The second-order valence-electron chi connectivity index (χ2n) is 6.06. The molecule has 25 heavy (non-hydrogen) atoms. The minimum atomic E-state index is -0.834. The zero-order valence-corrected chi connectivity index (χ0v) is 14.5. The highest BCUT2D eigenvalue weighted by Crippen LogP contribution is 2.19. The lowest BCUT2D eigenvalue weighted by molar-refractivity contribution is -0.129. The van der Waals surface area contributed by atoms with Crippen molar-refractivity contribution < 1.29 is 18.3 Å². The van der Waals surface area contributed by atoms with E-state index in [0.717, 1.165) is 23.1 Å².